The smallest absolute Gasteiger partial charge is 0.333 e. The Morgan fingerprint density at radius 3 is 1.45 bits per heavy atom. The molecular formula is C29H26N4O7. The fourth-order valence-corrected chi connectivity index (χ4v) is 4.93. The predicted molar refractivity (Wildman–Crippen MR) is 143 cm³/mol. The summed E-state index contributed by atoms with van der Waals surface area (Å²) in [5.41, 5.74) is 2.51. The topological polar surface area (TPSA) is 125 Å². The van der Waals surface area contributed by atoms with E-state index < -0.39 is 41.3 Å². The number of benzene rings is 2. The molecule has 2 fully saturated rings. The van der Waals surface area contributed by atoms with Crippen molar-refractivity contribution in [2.24, 2.45) is 0 Å². The Balaban J connectivity index is 1.53. The SMILES string of the molecule is CN1C(=O)C(=Cc2ccc3c(c2)OC(C)(C)c2cc(C=C4C(=O)N(C)C(=O)N(C)C4=O)ccc2-3)C(=O)N(C)C1=O. The predicted octanol–water partition coefficient (Wildman–Crippen LogP) is 2.85. The van der Waals surface area contributed by atoms with Crippen LogP contribution in [-0.2, 0) is 24.8 Å². The van der Waals surface area contributed by atoms with Gasteiger partial charge in [0.05, 0.1) is 0 Å². The average molecular weight is 543 g/mol. The third-order valence-corrected chi connectivity index (χ3v) is 7.26. The number of carbonyl (C=O) groups excluding carboxylic acids is 6. The maximum absolute atomic E-state index is 12.6. The first-order valence-electron chi connectivity index (χ1n) is 12.3. The lowest BCUT2D eigenvalue weighted by atomic mass is 9.84. The molecule has 0 bridgehead atoms. The normalized spacial score (nSPS) is 18.6. The molecule has 3 aliphatic rings. The molecular weight excluding hydrogens is 516 g/mol. The van der Waals surface area contributed by atoms with Crippen LogP contribution in [0.4, 0.5) is 9.59 Å². The Labute approximate surface area is 229 Å². The Bertz CT molecular complexity index is 1580. The monoisotopic (exact) mass is 542 g/mol. The average Bonchev–Trinajstić information content (AvgIpc) is 2.93. The first-order valence-corrected chi connectivity index (χ1v) is 12.3. The van der Waals surface area contributed by atoms with Crippen molar-refractivity contribution in [2.45, 2.75) is 19.4 Å². The van der Waals surface area contributed by atoms with Crippen LogP contribution in [0, 0.1) is 0 Å². The minimum Gasteiger partial charge on any atom is -0.482 e. The number of barbiturate groups is 2. The number of urea groups is 2. The van der Waals surface area contributed by atoms with Crippen molar-refractivity contribution in [3.8, 4) is 16.9 Å². The number of rotatable bonds is 2. The van der Waals surface area contributed by atoms with Crippen LogP contribution in [0.15, 0.2) is 47.5 Å². The second-order valence-corrected chi connectivity index (χ2v) is 10.3. The molecule has 0 saturated carbocycles. The summed E-state index contributed by atoms with van der Waals surface area (Å²) in [5.74, 6) is -2.19. The molecule has 2 saturated heterocycles. The van der Waals surface area contributed by atoms with E-state index in [4.69, 9.17) is 4.74 Å². The van der Waals surface area contributed by atoms with Crippen LogP contribution in [0.5, 0.6) is 5.75 Å². The van der Waals surface area contributed by atoms with Gasteiger partial charge in [0.2, 0.25) is 0 Å². The van der Waals surface area contributed by atoms with Crippen molar-refractivity contribution in [1.82, 2.24) is 19.6 Å². The van der Waals surface area contributed by atoms with Gasteiger partial charge in [-0.3, -0.25) is 38.8 Å². The number of hydrogen-bond acceptors (Lipinski definition) is 7. The van der Waals surface area contributed by atoms with E-state index in [1.807, 2.05) is 32.0 Å². The molecule has 0 aromatic heterocycles. The van der Waals surface area contributed by atoms with E-state index in [-0.39, 0.29) is 11.1 Å². The molecule has 0 unspecified atom stereocenters. The summed E-state index contributed by atoms with van der Waals surface area (Å²) in [4.78, 5) is 78.2. The summed E-state index contributed by atoms with van der Waals surface area (Å²) in [5, 5.41) is 0. The lowest BCUT2D eigenvalue weighted by Gasteiger charge is -2.35. The van der Waals surface area contributed by atoms with Crippen molar-refractivity contribution in [2.75, 3.05) is 28.2 Å². The number of nitrogens with zero attached hydrogens (tertiary/aromatic N) is 4. The van der Waals surface area contributed by atoms with Gasteiger partial charge >= 0.3 is 12.1 Å². The highest BCUT2D eigenvalue weighted by molar-refractivity contribution is 6.31. The van der Waals surface area contributed by atoms with Crippen LogP contribution in [0.1, 0.15) is 30.5 Å². The summed E-state index contributed by atoms with van der Waals surface area (Å²) in [6.45, 7) is 3.75. The van der Waals surface area contributed by atoms with E-state index in [2.05, 4.69) is 0 Å². The fourth-order valence-electron chi connectivity index (χ4n) is 4.93. The minimum absolute atomic E-state index is 0.123. The molecule has 0 atom stereocenters. The molecule has 11 heteroatoms. The maximum Gasteiger partial charge on any atom is 0.333 e. The van der Waals surface area contributed by atoms with Gasteiger partial charge in [0.15, 0.2) is 0 Å². The number of likely N-dealkylation sites (N-methyl/N-ethyl adjacent to an activating group) is 4. The van der Waals surface area contributed by atoms with Gasteiger partial charge in [0.1, 0.15) is 22.5 Å². The highest BCUT2D eigenvalue weighted by Gasteiger charge is 2.39. The van der Waals surface area contributed by atoms with Crippen molar-refractivity contribution in [1.29, 1.82) is 0 Å². The second-order valence-electron chi connectivity index (χ2n) is 10.3. The summed E-state index contributed by atoms with van der Waals surface area (Å²) in [7, 11) is 5.28. The quantitative estimate of drug-likeness (QED) is 0.422. The summed E-state index contributed by atoms with van der Waals surface area (Å²) in [6, 6.07) is 9.36. The van der Waals surface area contributed by atoms with Gasteiger partial charge in [-0.15, -0.1) is 0 Å². The highest BCUT2D eigenvalue weighted by Crippen LogP contribution is 2.46. The molecule has 11 nitrogen and oxygen atoms in total. The van der Waals surface area contributed by atoms with Crippen molar-refractivity contribution in [3.05, 3.63) is 64.2 Å². The zero-order valence-corrected chi connectivity index (χ0v) is 22.8. The Hall–Kier alpha value is -5.06. The molecule has 0 radical (unpaired) electrons. The van der Waals surface area contributed by atoms with Gasteiger partial charge in [0.25, 0.3) is 23.6 Å². The number of imide groups is 4. The number of amides is 8. The van der Waals surface area contributed by atoms with E-state index in [1.165, 1.54) is 40.3 Å². The molecule has 3 aliphatic heterocycles. The van der Waals surface area contributed by atoms with Crippen molar-refractivity contribution < 1.29 is 33.5 Å². The van der Waals surface area contributed by atoms with E-state index in [0.717, 1.165) is 36.3 Å². The van der Waals surface area contributed by atoms with Gasteiger partial charge < -0.3 is 4.74 Å². The molecule has 204 valence electrons. The van der Waals surface area contributed by atoms with Gasteiger partial charge in [-0.1, -0.05) is 24.3 Å². The van der Waals surface area contributed by atoms with Gasteiger partial charge in [0, 0.05) is 39.3 Å². The third kappa shape index (κ3) is 3.98. The highest BCUT2D eigenvalue weighted by atomic mass is 16.5. The third-order valence-electron chi connectivity index (χ3n) is 7.26. The van der Waals surface area contributed by atoms with E-state index in [9.17, 15) is 28.8 Å². The number of fused-ring (bicyclic) bond motifs is 3. The lowest BCUT2D eigenvalue weighted by molar-refractivity contribution is -0.135. The number of carbonyl (C=O) groups is 6. The minimum atomic E-state index is -0.823. The van der Waals surface area contributed by atoms with Crippen LogP contribution in [0.25, 0.3) is 23.3 Å². The summed E-state index contributed by atoms with van der Waals surface area (Å²) in [6.07, 6.45) is 2.89. The molecule has 2 aromatic carbocycles. The molecule has 0 spiro atoms. The van der Waals surface area contributed by atoms with Gasteiger partial charge in [-0.25, -0.2) is 9.59 Å². The van der Waals surface area contributed by atoms with Crippen LogP contribution in [-0.4, -0.2) is 83.5 Å². The Morgan fingerprint density at radius 1 is 0.600 bits per heavy atom. The first-order chi connectivity index (χ1) is 18.7. The summed E-state index contributed by atoms with van der Waals surface area (Å²) < 4.78 is 6.33. The van der Waals surface area contributed by atoms with Crippen LogP contribution in [0.2, 0.25) is 0 Å². The zero-order valence-electron chi connectivity index (χ0n) is 22.8. The molecule has 40 heavy (non-hydrogen) atoms. The molecule has 3 heterocycles. The molecule has 0 N–H and O–H groups in total. The van der Waals surface area contributed by atoms with E-state index in [1.54, 1.807) is 18.2 Å². The zero-order chi connectivity index (χ0) is 29.3. The number of hydrogen-bond donors (Lipinski definition) is 0. The summed E-state index contributed by atoms with van der Waals surface area (Å²) >= 11 is 0. The van der Waals surface area contributed by atoms with E-state index in [0.29, 0.717) is 16.9 Å². The van der Waals surface area contributed by atoms with Crippen LogP contribution >= 0.6 is 0 Å². The molecule has 8 amide bonds. The first kappa shape index (κ1) is 26.5. The van der Waals surface area contributed by atoms with Gasteiger partial charge in [-0.05, 0) is 54.8 Å². The lowest BCUT2D eigenvalue weighted by Crippen LogP contribution is -2.52. The van der Waals surface area contributed by atoms with Crippen LogP contribution < -0.4 is 4.74 Å². The molecule has 5 rings (SSSR count). The molecule has 0 aliphatic carbocycles. The van der Waals surface area contributed by atoms with Crippen molar-refractivity contribution in [3.63, 3.8) is 0 Å². The van der Waals surface area contributed by atoms with Gasteiger partial charge in [-0.2, -0.15) is 0 Å². The van der Waals surface area contributed by atoms with Crippen molar-refractivity contribution >= 4 is 47.8 Å². The van der Waals surface area contributed by atoms with Crippen LogP contribution in [0.3, 0.4) is 0 Å². The Kier molecular flexibility index (Phi) is 5.98. The van der Waals surface area contributed by atoms with E-state index >= 15 is 0 Å². The second kappa shape index (κ2) is 9.01. The fraction of sp³-hybridized carbons (Fsp3) is 0.241. The molecule has 2 aromatic rings. The standard InChI is InChI=1S/C29H26N4O7/c1-29(2)21-13-15(11-19-23(34)30(3)27(38)31(4)24(19)35)7-9-17(21)18-10-8-16(14-22(18)40-29)12-20-25(36)32(5)28(39)33(6)26(20)37/h7-14H,1-6H3. The largest absolute Gasteiger partial charge is 0.482 e. The number of ether oxygens (including phenoxy) is 1. The Morgan fingerprint density at radius 2 is 1.00 bits per heavy atom. The maximum atomic E-state index is 12.6.